The molecule has 0 atom stereocenters. The Hall–Kier alpha value is -2.94. The first-order valence-electron chi connectivity index (χ1n) is 10.8. The normalized spacial score (nSPS) is 11.3. The lowest BCUT2D eigenvalue weighted by atomic mass is 9.94. The Bertz CT molecular complexity index is 950. The van der Waals surface area contributed by atoms with Crippen LogP contribution in [0.4, 0.5) is 0 Å². The third-order valence-corrected chi connectivity index (χ3v) is 5.42. The molecule has 3 heteroatoms. The lowest BCUT2D eigenvalue weighted by Gasteiger charge is -2.30. The number of benzene rings is 3. The molecule has 0 aliphatic rings. The topological polar surface area (TPSA) is 27.7 Å². The monoisotopic (exact) mass is 418 g/mol. The lowest BCUT2D eigenvalue weighted by Crippen LogP contribution is -2.38. The zero-order chi connectivity index (χ0) is 22.4. The van der Waals surface area contributed by atoms with Gasteiger partial charge >= 0.3 is 0 Å². The maximum atomic E-state index is 6.24. The lowest BCUT2D eigenvalue weighted by molar-refractivity contribution is 0.0468. The third-order valence-electron chi connectivity index (χ3n) is 5.42. The van der Waals surface area contributed by atoms with E-state index >= 15 is 0 Å². The van der Waals surface area contributed by atoms with Gasteiger partial charge in [0, 0.05) is 0 Å². The standard InChI is InChI=1S/C28H34O3/c1-20-7-11-25(12-8-20)29-17-28(6,18-30-26-13-9-21(2)15-23(26)4)19-31-27-14-10-22(3)16-24(27)5/h7-16H,17-19H2,1-6H3. The van der Waals surface area contributed by atoms with Crippen molar-refractivity contribution in [1.29, 1.82) is 0 Å². The summed E-state index contributed by atoms with van der Waals surface area (Å²) in [4.78, 5) is 0. The molecule has 0 radical (unpaired) electrons. The highest BCUT2D eigenvalue weighted by atomic mass is 16.5. The van der Waals surface area contributed by atoms with E-state index in [1.165, 1.54) is 16.7 Å². The molecule has 31 heavy (non-hydrogen) atoms. The maximum absolute atomic E-state index is 6.24. The molecule has 0 heterocycles. The van der Waals surface area contributed by atoms with Crippen LogP contribution in [0, 0.1) is 40.0 Å². The largest absolute Gasteiger partial charge is 0.493 e. The van der Waals surface area contributed by atoms with Gasteiger partial charge in [0.1, 0.15) is 37.1 Å². The number of hydrogen-bond donors (Lipinski definition) is 0. The molecule has 0 bridgehead atoms. The van der Waals surface area contributed by atoms with E-state index in [1.54, 1.807) is 0 Å². The van der Waals surface area contributed by atoms with Gasteiger partial charge in [0.2, 0.25) is 0 Å². The van der Waals surface area contributed by atoms with Crippen LogP contribution in [0.25, 0.3) is 0 Å². The molecule has 0 unspecified atom stereocenters. The van der Waals surface area contributed by atoms with Crippen LogP contribution in [0.5, 0.6) is 17.2 Å². The summed E-state index contributed by atoms with van der Waals surface area (Å²) in [7, 11) is 0. The molecular formula is C28H34O3. The minimum Gasteiger partial charge on any atom is -0.493 e. The van der Waals surface area contributed by atoms with E-state index in [-0.39, 0.29) is 5.41 Å². The second-order valence-corrected chi connectivity index (χ2v) is 9.03. The zero-order valence-corrected chi connectivity index (χ0v) is 19.6. The number of aryl methyl sites for hydroxylation is 5. The molecule has 0 fully saturated rings. The molecule has 0 N–H and O–H groups in total. The fraction of sp³-hybridized carbons (Fsp3) is 0.357. The molecule has 0 saturated heterocycles. The van der Waals surface area contributed by atoms with Crippen molar-refractivity contribution in [3.8, 4) is 17.2 Å². The van der Waals surface area contributed by atoms with Gasteiger partial charge in [-0.2, -0.15) is 0 Å². The SMILES string of the molecule is Cc1ccc(OCC(C)(COc2ccc(C)cc2C)COc2ccc(C)cc2C)cc1. The molecular weight excluding hydrogens is 384 g/mol. The van der Waals surface area contributed by atoms with Crippen molar-refractivity contribution in [2.75, 3.05) is 19.8 Å². The maximum Gasteiger partial charge on any atom is 0.122 e. The first-order valence-corrected chi connectivity index (χ1v) is 10.8. The molecule has 3 rings (SSSR count). The van der Waals surface area contributed by atoms with E-state index < -0.39 is 0 Å². The van der Waals surface area contributed by atoms with E-state index in [4.69, 9.17) is 14.2 Å². The van der Waals surface area contributed by atoms with Crippen molar-refractivity contribution in [2.45, 2.75) is 41.5 Å². The van der Waals surface area contributed by atoms with Crippen LogP contribution in [-0.2, 0) is 0 Å². The first-order chi connectivity index (χ1) is 14.7. The van der Waals surface area contributed by atoms with Gasteiger partial charge < -0.3 is 14.2 Å². The van der Waals surface area contributed by atoms with E-state index in [0.29, 0.717) is 19.8 Å². The van der Waals surface area contributed by atoms with Crippen molar-refractivity contribution >= 4 is 0 Å². The first kappa shape index (κ1) is 22.7. The zero-order valence-electron chi connectivity index (χ0n) is 19.6. The highest BCUT2D eigenvalue weighted by Gasteiger charge is 2.29. The molecule has 0 saturated carbocycles. The Balaban J connectivity index is 1.73. The van der Waals surface area contributed by atoms with Gasteiger partial charge in [-0.1, -0.05) is 53.1 Å². The molecule has 0 spiro atoms. The van der Waals surface area contributed by atoms with Crippen LogP contribution in [0.1, 0.15) is 34.7 Å². The second kappa shape index (κ2) is 9.91. The highest BCUT2D eigenvalue weighted by Crippen LogP contribution is 2.27. The summed E-state index contributed by atoms with van der Waals surface area (Å²) >= 11 is 0. The van der Waals surface area contributed by atoms with E-state index in [0.717, 1.165) is 28.4 Å². The summed E-state index contributed by atoms with van der Waals surface area (Å²) in [6.45, 7) is 14.0. The molecule has 0 aliphatic carbocycles. The van der Waals surface area contributed by atoms with E-state index in [1.807, 2.05) is 24.3 Å². The number of ether oxygens (including phenoxy) is 3. The number of hydrogen-bond acceptors (Lipinski definition) is 3. The fourth-order valence-electron chi connectivity index (χ4n) is 3.44. The van der Waals surface area contributed by atoms with Crippen molar-refractivity contribution in [3.05, 3.63) is 88.5 Å². The Kier molecular flexibility index (Phi) is 7.27. The van der Waals surface area contributed by atoms with Crippen molar-refractivity contribution in [1.82, 2.24) is 0 Å². The summed E-state index contributed by atoms with van der Waals surface area (Å²) in [6.07, 6.45) is 0. The quantitative estimate of drug-likeness (QED) is 0.384. The Labute approximate surface area is 187 Å². The van der Waals surface area contributed by atoms with E-state index in [2.05, 4.69) is 77.9 Å². The molecule has 164 valence electrons. The summed E-state index contributed by atoms with van der Waals surface area (Å²) in [5.41, 5.74) is 5.61. The average Bonchev–Trinajstić information content (AvgIpc) is 2.72. The molecule has 0 aliphatic heterocycles. The molecule has 3 aromatic rings. The number of rotatable bonds is 9. The predicted molar refractivity (Wildman–Crippen MR) is 128 cm³/mol. The van der Waals surface area contributed by atoms with Crippen LogP contribution in [-0.4, -0.2) is 19.8 Å². The van der Waals surface area contributed by atoms with Crippen LogP contribution < -0.4 is 14.2 Å². The smallest absolute Gasteiger partial charge is 0.122 e. The Morgan fingerprint density at radius 2 is 0.968 bits per heavy atom. The van der Waals surface area contributed by atoms with Gasteiger partial charge in [-0.05, 0) is 76.9 Å². The summed E-state index contributed by atoms with van der Waals surface area (Å²) in [5.74, 6) is 2.66. The van der Waals surface area contributed by atoms with E-state index in [9.17, 15) is 0 Å². The van der Waals surface area contributed by atoms with Crippen LogP contribution in [0.15, 0.2) is 60.7 Å². The minimum absolute atomic E-state index is 0.334. The highest BCUT2D eigenvalue weighted by molar-refractivity contribution is 5.36. The predicted octanol–water partition coefficient (Wildman–Crippen LogP) is 6.77. The van der Waals surface area contributed by atoms with Crippen LogP contribution in [0.2, 0.25) is 0 Å². The van der Waals surface area contributed by atoms with Crippen molar-refractivity contribution < 1.29 is 14.2 Å². The van der Waals surface area contributed by atoms with Crippen LogP contribution >= 0.6 is 0 Å². The Morgan fingerprint density at radius 3 is 1.42 bits per heavy atom. The average molecular weight is 419 g/mol. The molecule has 3 nitrogen and oxygen atoms in total. The van der Waals surface area contributed by atoms with Gasteiger partial charge in [0.25, 0.3) is 0 Å². The summed E-state index contributed by atoms with van der Waals surface area (Å²) < 4.78 is 18.6. The fourth-order valence-corrected chi connectivity index (χ4v) is 3.44. The van der Waals surface area contributed by atoms with Gasteiger partial charge in [-0.25, -0.2) is 0 Å². The molecule has 0 aromatic heterocycles. The Morgan fingerprint density at radius 1 is 0.548 bits per heavy atom. The van der Waals surface area contributed by atoms with Gasteiger partial charge in [-0.3, -0.25) is 0 Å². The summed E-state index contributed by atoms with van der Waals surface area (Å²) in [6, 6.07) is 20.6. The molecule has 0 amide bonds. The van der Waals surface area contributed by atoms with Gasteiger partial charge in [-0.15, -0.1) is 0 Å². The molecule has 3 aromatic carbocycles. The van der Waals surface area contributed by atoms with Crippen molar-refractivity contribution in [3.63, 3.8) is 0 Å². The summed E-state index contributed by atoms with van der Waals surface area (Å²) in [5, 5.41) is 0. The van der Waals surface area contributed by atoms with Gasteiger partial charge in [0.05, 0.1) is 5.41 Å². The third kappa shape index (κ3) is 6.52. The van der Waals surface area contributed by atoms with Crippen molar-refractivity contribution in [2.24, 2.45) is 5.41 Å². The van der Waals surface area contributed by atoms with Gasteiger partial charge in [0.15, 0.2) is 0 Å². The minimum atomic E-state index is -0.334. The second-order valence-electron chi connectivity index (χ2n) is 9.03. The van der Waals surface area contributed by atoms with Crippen LogP contribution in [0.3, 0.4) is 0 Å².